The fourth-order valence-electron chi connectivity index (χ4n) is 4.61. The van der Waals surface area contributed by atoms with E-state index in [0.717, 1.165) is 47.2 Å². The third-order valence-electron chi connectivity index (χ3n) is 6.66. The van der Waals surface area contributed by atoms with Crippen molar-refractivity contribution in [2.24, 2.45) is 4.99 Å². The molecule has 6 heteroatoms. The number of fused-ring (bicyclic) bond motifs is 1. The van der Waals surface area contributed by atoms with E-state index in [4.69, 9.17) is 4.99 Å². The predicted molar refractivity (Wildman–Crippen MR) is 157 cm³/mol. The molecule has 0 aliphatic carbocycles. The summed E-state index contributed by atoms with van der Waals surface area (Å²) in [6, 6.07) is 26.8. The number of nitrogens with zero attached hydrogens (tertiary/aromatic N) is 3. The van der Waals surface area contributed by atoms with E-state index in [-0.39, 0.29) is 5.78 Å². The number of rotatable bonds is 7. The average molecular weight is 513 g/mol. The minimum atomic E-state index is 0.121. The number of aliphatic imine (C=N–C) groups is 1. The number of likely N-dealkylation sites (tertiary alicyclic amines) is 1. The van der Waals surface area contributed by atoms with Crippen LogP contribution in [0.5, 0.6) is 0 Å². The number of Topliss-reactive ketones (excluding diaryl/α,β-unsaturated/α-hetero) is 1. The van der Waals surface area contributed by atoms with Crippen LogP contribution in [-0.2, 0) is 6.42 Å². The molecule has 0 amide bonds. The lowest BCUT2D eigenvalue weighted by Crippen LogP contribution is -2.33. The molecule has 0 saturated carbocycles. The molecule has 1 aliphatic rings. The van der Waals surface area contributed by atoms with Crippen LogP contribution < -0.4 is 5.32 Å². The van der Waals surface area contributed by atoms with Gasteiger partial charge >= 0.3 is 0 Å². The predicted octanol–water partition coefficient (Wildman–Crippen LogP) is 7.76. The van der Waals surface area contributed by atoms with Crippen molar-refractivity contribution in [1.29, 1.82) is 0 Å². The second-order valence-electron chi connectivity index (χ2n) is 9.31. The van der Waals surface area contributed by atoms with Crippen molar-refractivity contribution < 1.29 is 4.79 Å². The van der Waals surface area contributed by atoms with E-state index in [0.29, 0.717) is 6.04 Å². The number of hydrogen-bond donors (Lipinski definition) is 1. The van der Waals surface area contributed by atoms with Gasteiger partial charge in [0, 0.05) is 24.7 Å². The molecule has 1 unspecified atom stereocenters. The Kier molecular flexibility index (Phi) is 9.44. The summed E-state index contributed by atoms with van der Waals surface area (Å²) in [4.78, 5) is 22.6. The molecule has 4 aromatic rings. The van der Waals surface area contributed by atoms with Gasteiger partial charge in [-0.2, -0.15) is 0 Å². The molecule has 1 N–H and O–H groups in total. The molecule has 3 aromatic carbocycles. The summed E-state index contributed by atoms with van der Waals surface area (Å²) in [6.07, 6.45) is 4.76. The molecule has 37 heavy (non-hydrogen) atoms. The Morgan fingerprint density at radius 2 is 1.76 bits per heavy atom. The highest BCUT2D eigenvalue weighted by Gasteiger charge is 2.23. The van der Waals surface area contributed by atoms with Crippen LogP contribution in [0.15, 0.2) is 83.9 Å². The van der Waals surface area contributed by atoms with Crippen LogP contribution in [0.25, 0.3) is 10.2 Å². The normalized spacial score (nSPS) is 15.4. The lowest BCUT2D eigenvalue weighted by Gasteiger charge is -2.25. The zero-order valence-electron chi connectivity index (χ0n) is 22.0. The summed E-state index contributed by atoms with van der Waals surface area (Å²) >= 11 is 1.71. The maximum atomic E-state index is 10.6. The molecule has 0 radical (unpaired) electrons. The van der Waals surface area contributed by atoms with Gasteiger partial charge in [0.05, 0.1) is 15.9 Å². The smallest absolute Gasteiger partial charge is 0.183 e. The molecular weight excluding hydrogens is 476 g/mol. The number of benzene rings is 3. The first-order valence-electron chi connectivity index (χ1n) is 13.1. The number of nitrogens with one attached hydrogen (secondary N) is 1. The van der Waals surface area contributed by atoms with Crippen molar-refractivity contribution in [3.05, 3.63) is 90.0 Å². The number of carbonyl (C=O) groups is 1. The van der Waals surface area contributed by atoms with E-state index in [1.165, 1.54) is 29.5 Å². The molecule has 1 fully saturated rings. The van der Waals surface area contributed by atoms with Crippen LogP contribution in [0.1, 0.15) is 56.0 Å². The Hall–Kier alpha value is -3.51. The topological polar surface area (TPSA) is 57.6 Å². The summed E-state index contributed by atoms with van der Waals surface area (Å²) in [5.41, 5.74) is 4.20. The molecular formula is C31H36N4OS. The number of anilines is 1. The van der Waals surface area contributed by atoms with Crippen LogP contribution in [-0.4, -0.2) is 40.6 Å². The van der Waals surface area contributed by atoms with E-state index < -0.39 is 0 Å². The zero-order chi connectivity index (χ0) is 26.0. The van der Waals surface area contributed by atoms with Gasteiger partial charge in [0.1, 0.15) is 5.84 Å². The first-order valence-corrected chi connectivity index (χ1v) is 13.9. The van der Waals surface area contributed by atoms with Gasteiger partial charge in [0.15, 0.2) is 10.9 Å². The standard InChI is InChI=1S/C23H28N4S.C8H8O/c1-3-20-7-6-16-27(20)17(2)25-19-12-10-18(11-13-19)14-15-24-23-26-21-8-4-5-9-22(21)28-23;1-7(9)8-5-3-2-4-6-8/h4-5,8-13,20H,3,6-7,14-16H2,1-2H3,(H,24,26);2-6H,1H3. The first kappa shape index (κ1) is 26.6. The molecule has 1 atom stereocenters. The Labute approximate surface area is 224 Å². The maximum absolute atomic E-state index is 10.6. The summed E-state index contributed by atoms with van der Waals surface area (Å²) < 4.78 is 1.23. The van der Waals surface area contributed by atoms with E-state index >= 15 is 0 Å². The quantitative estimate of drug-likeness (QED) is 0.156. The van der Waals surface area contributed by atoms with Crippen molar-refractivity contribution in [3.8, 4) is 0 Å². The molecule has 192 valence electrons. The first-order chi connectivity index (χ1) is 18.0. The van der Waals surface area contributed by atoms with E-state index in [2.05, 4.69) is 71.5 Å². The van der Waals surface area contributed by atoms with Crippen molar-refractivity contribution in [1.82, 2.24) is 9.88 Å². The van der Waals surface area contributed by atoms with Gasteiger partial charge in [0.25, 0.3) is 0 Å². The SMILES string of the molecule is CC(=O)c1ccccc1.CCC1CCCN1C(C)=Nc1ccc(CCNc2nc3ccccc3s2)cc1. The third-order valence-corrected chi connectivity index (χ3v) is 7.65. The zero-order valence-corrected chi connectivity index (χ0v) is 22.8. The second-order valence-corrected chi connectivity index (χ2v) is 10.3. The third kappa shape index (κ3) is 7.49. The van der Waals surface area contributed by atoms with Gasteiger partial charge in [-0.3, -0.25) is 4.79 Å². The lowest BCUT2D eigenvalue weighted by atomic mass is 10.1. The Balaban J connectivity index is 0.000000301. The maximum Gasteiger partial charge on any atom is 0.183 e. The van der Waals surface area contributed by atoms with Crippen molar-refractivity contribution in [2.75, 3.05) is 18.4 Å². The van der Waals surface area contributed by atoms with Crippen molar-refractivity contribution in [3.63, 3.8) is 0 Å². The molecule has 0 spiro atoms. The molecule has 1 aliphatic heterocycles. The Bertz CT molecular complexity index is 1280. The van der Waals surface area contributed by atoms with Crippen LogP contribution in [0.3, 0.4) is 0 Å². The average Bonchev–Trinajstić information content (AvgIpc) is 3.57. The Morgan fingerprint density at radius 1 is 1.03 bits per heavy atom. The molecule has 1 saturated heterocycles. The van der Waals surface area contributed by atoms with Gasteiger partial charge in [0.2, 0.25) is 0 Å². The van der Waals surface area contributed by atoms with Gasteiger partial charge < -0.3 is 10.2 Å². The number of aromatic nitrogens is 1. The van der Waals surface area contributed by atoms with Crippen LogP contribution in [0.4, 0.5) is 10.8 Å². The molecule has 5 nitrogen and oxygen atoms in total. The number of amidine groups is 1. The number of thiazole rings is 1. The lowest BCUT2D eigenvalue weighted by molar-refractivity contribution is 0.101. The van der Waals surface area contributed by atoms with Crippen LogP contribution in [0, 0.1) is 0 Å². The highest BCUT2D eigenvalue weighted by atomic mass is 32.1. The van der Waals surface area contributed by atoms with E-state index in [9.17, 15) is 4.79 Å². The minimum Gasteiger partial charge on any atom is -0.361 e. The van der Waals surface area contributed by atoms with E-state index in [1.807, 2.05) is 36.4 Å². The summed E-state index contributed by atoms with van der Waals surface area (Å²) in [7, 11) is 0. The number of ketones is 1. The fourth-order valence-corrected chi connectivity index (χ4v) is 5.50. The van der Waals surface area contributed by atoms with Crippen LogP contribution >= 0.6 is 11.3 Å². The molecule has 2 heterocycles. The van der Waals surface area contributed by atoms with Gasteiger partial charge in [-0.15, -0.1) is 0 Å². The number of para-hydroxylation sites is 1. The van der Waals surface area contributed by atoms with Crippen LogP contribution in [0.2, 0.25) is 0 Å². The van der Waals surface area contributed by atoms with Gasteiger partial charge in [-0.1, -0.05) is 72.9 Å². The van der Waals surface area contributed by atoms with Crippen molar-refractivity contribution in [2.45, 2.75) is 52.5 Å². The second kappa shape index (κ2) is 13.2. The number of carbonyl (C=O) groups excluding carboxylic acids is 1. The fraction of sp³-hybridized carbons (Fsp3) is 0.323. The molecule has 0 bridgehead atoms. The minimum absolute atomic E-state index is 0.121. The monoisotopic (exact) mass is 512 g/mol. The highest BCUT2D eigenvalue weighted by molar-refractivity contribution is 7.22. The molecule has 1 aromatic heterocycles. The summed E-state index contributed by atoms with van der Waals surface area (Å²) in [5, 5.41) is 4.45. The molecule has 5 rings (SSSR count). The largest absolute Gasteiger partial charge is 0.361 e. The number of hydrogen-bond acceptors (Lipinski definition) is 5. The van der Waals surface area contributed by atoms with Gasteiger partial charge in [-0.25, -0.2) is 9.98 Å². The van der Waals surface area contributed by atoms with Crippen molar-refractivity contribution >= 4 is 44.0 Å². The van der Waals surface area contributed by atoms with Gasteiger partial charge in [-0.05, 0) is 69.4 Å². The van der Waals surface area contributed by atoms with E-state index in [1.54, 1.807) is 18.3 Å². The summed E-state index contributed by atoms with van der Waals surface area (Å²) in [5.74, 6) is 1.27. The Morgan fingerprint density at radius 3 is 2.43 bits per heavy atom. The summed E-state index contributed by atoms with van der Waals surface area (Å²) in [6.45, 7) is 8.00. The highest BCUT2D eigenvalue weighted by Crippen LogP contribution is 2.25.